The maximum atomic E-state index is 13.4. The van der Waals surface area contributed by atoms with Gasteiger partial charge in [0, 0.05) is 18.1 Å². The summed E-state index contributed by atoms with van der Waals surface area (Å²) in [5, 5.41) is 5.01. The summed E-state index contributed by atoms with van der Waals surface area (Å²) >= 11 is 6.14. The van der Waals surface area contributed by atoms with Gasteiger partial charge in [-0.2, -0.15) is 4.98 Å². The Balaban J connectivity index is 1.69. The highest BCUT2D eigenvalue weighted by atomic mass is 35.5. The molecule has 9 heteroatoms. The number of morpholine rings is 1. The Bertz CT molecular complexity index is 1370. The lowest BCUT2D eigenvalue weighted by Crippen LogP contribution is -2.41. The van der Waals surface area contributed by atoms with Crippen LogP contribution in [0.1, 0.15) is 21.7 Å². The molecule has 2 aromatic heterocycles. The first-order valence-electron chi connectivity index (χ1n) is 10.0. The maximum Gasteiger partial charge on any atom is 0.296 e. The van der Waals surface area contributed by atoms with Gasteiger partial charge in [0.05, 0.1) is 30.8 Å². The van der Waals surface area contributed by atoms with Crippen LogP contribution in [0.4, 0.5) is 0 Å². The fourth-order valence-electron chi connectivity index (χ4n) is 3.85. The lowest BCUT2D eigenvalue weighted by atomic mass is 10.2. The van der Waals surface area contributed by atoms with Crippen molar-refractivity contribution in [3.8, 4) is 0 Å². The predicted molar refractivity (Wildman–Crippen MR) is 117 cm³/mol. The van der Waals surface area contributed by atoms with Gasteiger partial charge in [-0.25, -0.2) is 4.52 Å². The van der Waals surface area contributed by atoms with Crippen molar-refractivity contribution in [2.24, 2.45) is 0 Å². The number of fused-ring (bicyclic) bond motifs is 3. The summed E-state index contributed by atoms with van der Waals surface area (Å²) in [5.41, 5.74) is 3.13. The van der Waals surface area contributed by atoms with Crippen LogP contribution in [0.25, 0.3) is 16.7 Å². The lowest BCUT2D eigenvalue weighted by Gasteiger charge is -2.25. The van der Waals surface area contributed by atoms with E-state index in [-0.39, 0.29) is 22.9 Å². The third kappa shape index (κ3) is 3.58. The number of nitrogens with zero attached hydrogens (tertiary/aromatic N) is 5. The normalized spacial score (nSPS) is 14.5. The number of amides is 1. The first-order chi connectivity index (χ1) is 15.0. The molecule has 1 fully saturated rings. The zero-order chi connectivity index (χ0) is 21.5. The van der Waals surface area contributed by atoms with Crippen LogP contribution >= 0.6 is 11.6 Å². The second kappa shape index (κ2) is 7.79. The van der Waals surface area contributed by atoms with E-state index < -0.39 is 0 Å². The molecule has 0 N–H and O–H groups in total. The van der Waals surface area contributed by atoms with Gasteiger partial charge in [-0.15, -0.1) is 5.10 Å². The molecular formula is C22H20ClN5O3. The van der Waals surface area contributed by atoms with E-state index in [1.165, 1.54) is 4.52 Å². The minimum Gasteiger partial charge on any atom is -0.378 e. The van der Waals surface area contributed by atoms with Crippen molar-refractivity contribution in [1.82, 2.24) is 24.1 Å². The molecule has 0 radical (unpaired) electrons. The standard InChI is InChI=1S/C22H20ClN5O3/c1-14-5-6-17-18(11-14)27(13-15-3-2-4-16(23)12-15)22(30)20-24-19(25-28(17)20)21(29)26-7-9-31-10-8-26/h2-6,11-12H,7-10,13H2,1H3. The number of halogens is 1. The van der Waals surface area contributed by atoms with E-state index in [4.69, 9.17) is 16.3 Å². The van der Waals surface area contributed by atoms with Crippen molar-refractivity contribution in [3.05, 3.63) is 74.8 Å². The van der Waals surface area contributed by atoms with Crippen molar-refractivity contribution in [3.63, 3.8) is 0 Å². The molecule has 1 aliphatic rings. The monoisotopic (exact) mass is 437 g/mol. The number of benzene rings is 2. The second-order valence-electron chi connectivity index (χ2n) is 7.59. The third-order valence-corrected chi connectivity index (χ3v) is 5.65. The Morgan fingerprint density at radius 3 is 2.71 bits per heavy atom. The molecule has 0 unspecified atom stereocenters. The molecule has 0 saturated carbocycles. The molecule has 1 aliphatic heterocycles. The summed E-state index contributed by atoms with van der Waals surface area (Å²) in [6, 6.07) is 13.2. The van der Waals surface area contributed by atoms with E-state index >= 15 is 0 Å². The number of aromatic nitrogens is 4. The number of carbonyl (C=O) groups is 1. The average molecular weight is 438 g/mol. The van der Waals surface area contributed by atoms with Crippen LogP contribution < -0.4 is 5.56 Å². The highest BCUT2D eigenvalue weighted by Gasteiger charge is 2.24. The molecule has 4 aromatic rings. The summed E-state index contributed by atoms with van der Waals surface area (Å²) < 4.78 is 8.44. The van der Waals surface area contributed by atoms with Crippen LogP contribution in [0.15, 0.2) is 47.3 Å². The molecule has 5 rings (SSSR count). The highest BCUT2D eigenvalue weighted by Crippen LogP contribution is 2.19. The van der Waals surface area contributed by atoms with Gasteiger partial charge in [0.25, 0.3) is 11.5 Å². The van der Waals surface area contributed by atoms with Crippen LogP contribution in [-0.2, 0) is 11.3 Å². The topological polar surface area (TPSA) is 81.7 Å². The summed E-state index contributed by atoms with van der Waals surface area (Å²) in [7, 11) is 0. The predicted octanol–water partition coefficient (Wildman–Crippen LogP) is 2.53. The Morgan fingerprint density at radius 1 is 1.13 bits per heavy atom. The molecule has 0 aliphatic carbocycles. The van der Waals surface area contributed by atoms with E-state index in [0.29, 0.717) is 48.9 Å². The van der Waals surface area contributed by atoms with Gasteiger partial charge in [-0.1, -0.05) is 29.8 Å². The van der Waals surface area contributed by atoms with Crippen LogP contribution in [0, 0.1) is 6.92 Å². The molecule has 158 valence electrons. The second-order valence-corrected chi connectivity index (χ2v) is 8.03. The number of ether oxygens (including phenoxy) is 1. The molecule has 31 heavy (non-hydrogen) atoms. The fourth-order valence-corrected chi connectivity index (χ4v) is 4.06. The largest absolute Gasteiger partial charge is 0.378 e. The zero-order valence-corrected chi connectivity index (χ0v) is 17.7. The molecular weight excluding hydrogens is 418 g/mol. The maximum absolute atomic E-state index is 13.4. The third-order valence-electron chi connectivity index (χ3n) is 5.41. The van der Waals surface area contributed by atoms with Gasteiger partial charge in [0.15, 0.2) is 0 Å². The Morgan fingerprint density at radius 2 is 1.94 bits per heavy atom. The number of hydrogen-bond donors (Lipinski definition) is 0. The van der Waals surface area contributed by atoms with Gasteiger partial charge in [-0.05, 0) is 42.3 Å². The molecule has 2 aromatic carbocycles. The van der Waals surface area contributed by atoms with Crippen LogP contribution in [0.5, 0.6) is 0 Å². The first-order valence-corrected chi connectivity index (χ1v) is 10.4. The molecule has 8 nitrogen and oxygen atoms in total. The molecule has 3 heterocycles. The van der Waals surface area contributed by atoms with Crippen molar-refractivity contribution >= 4 is 34.2 Å². The average Bonchev–Trinajstić information content (AvgIpc) is 3.22. The van der Waals surface area contributed by atoms with Gasteiger partial charge in [0.2, 0.25) is 11.5 Å². The Hall–Kier alpha value is -3.23. The minimum absolute atomic E-state index is 0.0152. The Kier molecular flexibility index (Phi) is 4.95. The smallest absolute Gasteiger partial charge is 0.296 e. The number of rotatable bonds is 3. The van der Waals surface area contributed by atoms with E-state index in [0.717, 1.165) is 11.1 Å². The zero-order valence-electron chi connectivity index (χ0n) is 16.9. The Labute approximate surface area is 182 Å². The summed E-state index contributed by atoms with van der Waals surface area (Å²) in [6.07, 6.45) is 0. The van der Waals surface area contributed by atoms with Crippen molar-refractivity contribution in [2.45, 2.75) is 13.5 Å². The van der Waals surface area contributed by atoms with Crippen molar-refractivity contribution < 1.29 is 9.53 Å². The van der Waals surface area contributed by atoms with E-state index in [2.05, 4.69) is 10.1 Å². The van der Waals surface area contributed by atoms with E-state index in [1.54, 1.807) is 15.5 Å². The summed E-state index contributed by atoms with van der Waals surface area (Å²) in [5.74, 6) is -0.283. The highest BCUT2D eigenvalue weighted by molar-refractivity contribution is 6.30. The van der Waals surface area contributed by atoms with Gasteiger partial charge >= 0.3 is 0 Å². The molecule has 0 bridgehead atoms. The molecule has 0 atom stereocenters. The molecule has 1 amide bonds. The molecule has 0 spiro atoms. The van der Waals surface area contributed by atoms with E-state index in [9.17, 15) is 9.59 Å². The first kappa shape index (κ1) is 19.7. The quantitative estimate of drug-likeness (QED) is 0.492. The number of hydrogen-bond acceptors (Lipinski definition) is 5. The van der Waals surface area contributed by atoms with Gasteiger partial charge in [-0.3, -0.25) is 14.2 Å². The molecule has 1 saturated heterocycles. The van der Waals surface area contributed by atoms with E-state index in [1.807, 2.05) is 43.3 Å². The summed E-state index contributed by atoms with van der Waals surface area (Å²) in [4.78, 5) is 32.3. The van der Waals surface area contributed by atoms with Crippen molar-refractivity contribution in [1.29, 1.82) is 0 Å². The van der Waals surface area contributed by atoms with Crippen molar-refractivity contribution in [2.75, 3.05) is 26.3 Å². The summed E-state index contributed by atoms with van der Waals surface area (Å²) in [6.45, 7) is 4.21. The number of carbonyl (C=O) groups excluding carboxylic acids is 1. The minimum atomic E-state index is -0.313. The lowest BCUT2D eigenvalue weighted by molar-refractivity contribution is 0.0295. The SMILES string of the molecule is Cc1ccc2c(c1)n(Cc1cccc(Cl)c1)c(=O)c1nc(C(=O)N3CCOCC3)nn12. The fraction of sp³-hybridized carbons (Fsp3) is 0.273. The van der Waals surface area contributed by atoms with Gasteiger partial charge in [0.1, 0.15) is 0 Å². The van der Waals surface area contributed by atoms with Gasteiger partial charge < -0.3 is 9.64 Å². The van der Waals surface area contributed by atoms with Crippen LogP contribution in [-0.4, -0.2) is 56.3 Å². The van der Waals surface area contributed by atoms with Crippen LogP contribution in [0.2, 0.25) is 5.02 Å². The number of aryl methyl sites for hydroxylation is 1. The van der Waals surface area contributed by atoms with Crippen LogP contribution in [0.3, 0.4) is 0 Å².